The van der Waals surface area contributed by atoms with Gasteiger partial charge in [0.05, 0.1) is 6.26 Å². The summed E-state index contributed by atoms with van der Waals surface area (Å²) in [6, 6.07) is 0. The quantitative estimate of drug-likeness (QED) is 0.334. The van der Waals surface area contributed by atoms with E-state index in [4.69, 9.17) is 0 Å². The van der Waals surface area contributed by atoms with Crippen molar-refractivity contribution in [2.75, 3.05) is 0 Å². The number of rotatable bonds is 3. The molecule has 0 amide bonds. The van der Waals surface area contributed by atoms with Crippen molar-refractivity contribution < 1.29 is 14.3 Å². The van der Waals surface area contributed by atoms with E-state index in [2.05, 4.69) is 11.3 Å². The van der Waals surface area contributed by atoms with Crippen LogP contribution < -0.4 is 0 Å². The Morgan fingerprint density at radius 1 is 1.60 bits per heavy atom. The molecule has 0 aliphatic rings. The second-order valence-electron chi connectivity index (χ2n) is 1.94. The van der Waals surface area contributed by atoms with Gasteiger partial charge in [0.1, 0.15) is 11.7 Å². The normalized spacial score (nSPS) is 11.8. The molecule has 0 aliphatic heterocycles. The highest BCUT2D eigenvalue weighted by Crippen LogP contribution is 1.99. The Morgan fingerprint density at radius 2 is 2.10 bits per heavy atom. The third-order valence-electron chi connectivity index (χ3n) is 1.16. The van der Waals surface area contributed by atoms with Crippen LogP contribution in [-0.4, -0.2) is 11.8 Å². The monoisotopic (exact) mass is 142 g/mol. The first-order chi connectivity index (χ1) is 4.59. The van der Waals surface area contributed by atoms with Gasteiger partial charge in [0.25, 0.3) is 0 Å². The molecule has 0 saturated heterocycles. The van der Waals surface area contributed by atoms with E-state index in [-0.39, 0.29) is 5.78 Å². The van der Waals surface area contributed by atoms with Crippen molar-refractivity contribution in [2.24, 2.45) is 5.92 Å². The van der Waals surface area contributed by atoms with Crippen LogP contribution in [0.25, 0.3) is 0 Å². The van der Waals surface area contributed by atoms with Crippen molar-refractivity contribution in [2.45, 2.75) is 13.8 Å². The summed E-state index contributed by atoms with van der Waals surface area (Å²) in [5.41, 5.74) is 0. The molecule has 0 aliphatic carbocycles. The summed E-state index contributed by atoms with van der Waals surface area (Å²) >= 11 is 0. The molecule has 0 spiro atoms. The Morgan fingerprint density at radius 3 is 2.40 bits per heavy atom. The Bertz CT molecular complexity index is 160. The predicted octanol–water partition coefficient (Wildman–Crippen LogP) is 0.898. The fraction of sp³-hybridized carbons (Fsp3) is 0.429. The molecule has 3 heteroatoms. The van der Waals surface area contributed by atoms with Gasteiger partial charge in [-0.05, 0) is 13.8 Å². The highest BCUT2D eigenvalue weighted by atomic mass is 16.5. The third kappa shape index (κ3) is 2.44. The van der Waals surface area contributed by atoms with Crippen molar-refractivity contribution in [3.63, 3.8) is 0 Å². The maximum atomic E-state index is 10.7. The average molecular weight is 142 g/mol. The molecule has 0 radical (unpaired) electrons. The Kier molecular flexibility index (Phi) is 3.39. The van der Waals surface area contributed by atoms with Crippen LogP contribution in [-0.2, 0) is 14.3 Å². The lowest BCUT2D eigenvalue weighted by Crippen LogP contribution is -2.19. The molecule has 56 valence electrons. The van der Waals surface area contributed by atoms with Crippen LogP contribution in [0.5, 0.6) is 0 Å². The number of ether oxygens (including phenoxy) is 1. The van der Waals surface area contributed by atoms with Gasteiger partial charge in [0, 0.05) is 0 Å². The molecule has 0 aromatic heterocycles. The number of esters is 1. The van der Waals surface area contributed by atoms with Crippen LogP contribution in [0.4, 0.5) is 0 Å². The van der Waals surface area contributed by atoms with E-state index in [1.807, 2.05) is 0 Å². The van der Waals surface area contributed by atoms with Crippen molar-refractivity contribution in [1.29, 1.82) is 0 Å². The molecular formula is C7H10O3. The fourth-order valence-electron chi connectivity index (χ4n) is 0.350. The van der Waals surface area contributed by atoms with Crippen LogP contribution in [0, 0.1) is 5.92 Å². The smallest absolute Gasteiger partial charge is 0.320 e. The Hall–Kier alpha value is -1.12. The number of carbonyl (C=O) groups is 2. The summed E-state index contributed by atoms with van der Waals surface area (Å²) in [5, 5.41) is 0. The van der Waals surface area contributed by atoms with E-state index in [0.717, 1.165) is 6.26 Å². The van der Waals surface area contributed by atoms with Gasteiger partial charge in [-0.1, -0.05) is 6.58 Å². The lowest BCUT2D eigenvalue weighted by molar-refractivity contribution is -0.145. The van der Waals surface area contributed by atoms with Crippen LogP contribution in [0.3, 0.4) is 0 Å². The topological polar surface area (TPSA) is 43.4 Å². The molecule has 0 saturated carbocycles. The van der Waals surface area contributed by atoms with Crippen LogP contribution >= 0.6 is 0 Å². The first-order valence-corrected chi connectivity index (χ1v) is 2.91. The van der Waals surface area contributed by atoms with Gasteiger partial charge in [-0.3, -0.25) is 9.59 Å². The van der Waals surface area contributed by atoms with Gasteiger partial charge in [-0.2, -0.15) is 0 Å². The molecule has 0 aromatic rings. The van der Waals surface area contributed by atoms with E-state index in [1.54, 1.807) is 0 Å². The minimum Gasteiger partial charge on any atom is -0.435 e. The molecule has 0 aromatic carbocycles. The highest BCUT2D eigenvalue weighted by molar-refractivity contribution is 5.97. The number of carbonyl (C=O) groups excluding carboxylic acids is 2. The highest BCUT2D eigenvalue weighted by Gasteiger charge is 2.17. The molecule has 0 fully saturated rings. The zero-order valence-corrected chi connectivity index (χ0v) is 6.09. The lowest BCUT2D eigenvalue weighted by atomic mass is 10.1. The average Bonchev–Trinajstić information content (AvgIpc) is 1.87. The summed E-state index contributed by atoms with van der Waals surface area (Å²) in [4.78, 5) is 21.2. The first kappa shape index (κ1) is 8.88. The number of Topliss-reactive ketones (excluding diaryl/α,β-unsaturated/α-hetero) is 1. The maximum absolute atomic E-state index is 10.7. The van der Waals surface area contributed by atoms with Gasteiger partial charge < -0.3 is 4.74 Å². The number of ketones is 1. The molecular weight excluding hydrogens is 132 g/mol. The van der Waals surface area contributed by atoms with Gasteiger partial charge in [-0.15, -0.1) is 0 Å². The Balaban J connectivity index is 3.94. The summed E-state index contributed by atoms with van der Waals surface area (Å²) in [5.74, 6) is -1.44. The second-order valence-corrected chi connectivity index (χ2v) is 1.94. The fourth-order valence-corrected chi connectivity index (χ4v) is 0.350. The van der Waals surface area contributed by atoms with Crippen LogP contribution in [0.1, 0.15) is 13.8 Å². The van der Waals surface area contributed by atoms with Crippen molar-refractivity contribution in [1.82, 2.24) is 0 Å². The molecule has 0 rings (SSSR count). The predicted molar refractivity (Wildman–Crippen MR) is 36.1 cm³/mol. The molecule has 0 bridgehead atoms. The SMILES string of the molecule is C=COC(=O)C(C)C(C)=O. The standard InChI is InChI=1S/C7H10O3/c1-4-10-7(9)5(2)6(3)8/h4-5H,1H2,2-3H3. The summed E-state index contributed by atoms with van der Waals surface area (Å²) in [7, 11) is 0. The van der Waals surface area contributed by atoms with E-state index < -0.39 is 11.9 Å². The molecule has 0 N–H and O–H groups in total. The zero-order chi connectivity index (χ0) is 8.15. The lowest BCUT2D eigenvalue weighted by Gasteiger charge is -2.02. The molecule has 1 atom stereocenters. The number of hydrogen-bond acceptors (Lipinski definition) is 3. The molecule has 0 heterocycles. The summed E-state index contributed by atoms with van der Waals surface area (Å²) < 4.78 is 4.37. The molecule has 3 nitrogen and oxygen atoms in total. The van der Waals surface area contributed by atoms with Crippen molar-refractivity contribution in [3.05, 3.63) is 12.8 Å². The van der Waals surface area contributed by atoms with E-state index >= 15 is 0 Å². The van der Waals surface area contributed by atoms with Crippen LogP contribution in [0.15, 0.2) is 12.8 Å². The molecule has 10 heavy (non-hydrogen) atoms. The third-order valence-corrected chi connectivity index (χ3v) is 1.16. The number of hydrogen-bond donors (Lipinski definition) is 0. The van der Waals surface area contributed by atoms with Crippen LogP contribution in [0.2, 0.25) is 0 Å². The summed E-state index contributed by atoms with van der Waals surface area (Å²) in [6.45, 7) is 6.02. The Labute approximate surface area is 59.7 Å². The minimum absolute atomic E-state index is 0.202. The van der Waals surface area contributed by atoms with Gasteiger partial charge in [0.2, 0.25) is 0 Å². The largest absolute Gasteiger partial charge is 0.435 e. The van der Waals surface area contributed by atoms with Crippen molar-refractivity contribution >= 4 is 11.8 Å². The van der Waals surface area contributed by atoms with E-state index in [1.165, 1.54) is 13.8 Å². The minimum atomic E-state index is -0.682. The zero-order valence-electron chi connectivity index (χ0n) is 6.09. The second kappa shape index (κ2) is 3.82. The van der Waals surface area contributed by atoms with Gasteiger partial charge >= 0.3 is 5.97 Å². The van der Waals surface area contributed by atoms with E-state index in [0.29, 0.717) is 0 Å². The summed E-state index contributed by atoms with van der Waals surface area (Å²) in [6.07, 6.45) is 1.02. The van der Waals surface area contributed by atoms with Gasteiger partial charge in [-0.25, -0.2) is 0 Å². The maximum Gasteiger partial charge on any atom is 0.320 e. The molecule has 1 unspecified atom stereocenters. The first-order valence-electron chi connectivity index (χ1n) is 2.91. The van der Waals surface area contributed by atoms with Gasteiger partial charge in [0.15, 0.2) is 0 Å². The van der Waals surface area contributed by atoms with E-state index in [9.17, 15) is 9.59 Å². The van der Waals surface area contributed by atoms with Crippen molar-refractivity contribution in [3.8, 4) is 0 Å².